The molecule has 0 saturated heterocycles. The van der Waals surface area contributed by atoms with Crippen LogP contribution in [-0.4, -0.2) is 13.1 Å². The van der Waals surface area contributed by atoms with Crippen molar-refractivity contribution in [3.63, 3.8) is 0 Å². The Balaban J connectivity index is 1.97. The van der Waals surface area contributed by atoms with Crippen LogP contribution >= 0.6 is 15.9 Å². The predicted octanol–water partition coefficient (Wildman–Crippen LogP) is 4.66. The maximum absolute atomic E-state index is 13.9. The van der Waals surface area contributed by atoms with Gasteiger partial charge in [-0.15, -0.1) is 0 Å². The summed E-state index contributed by atoms with van der Waals surface area (Å²) in [5.74, 6) is -0.139. The first-order valence-electron chi connectivity index (χ1n) is 7.25. The second-order valence-corrected chi connectivity index (χ2v) is 6.37. The van der Waals surface area contributed by atoms with Gasteiger partial charge in [-0.25, -0.2) is 4.39 Å². The van der Waals surface area contributed by atoms with Gasteiger partial charge in [0.15, 0.2) is 0 Å². The summed E-state index contributed by atoms with van der Waals surface area (Å²) in [7, 11) is 1.94. The Labute approximate surface area is 134 Å². The predicted molar refractivity (Wildman–Crippen MR) is 90.2 cm³/mol. The van der Waals surface area contributed by atoms with E-state index in [2.05, 4.69) is 52.4 Å². The van der Waals surface area contributed by atoms with Crippen molar-refractivity contribution in [3.05, 3.63) is 69.4 Å². The van der Waals surface area contributed by atoms with Crippen molar-refractivity contribution in [2.24, 2.45) is 0 Å². The van der Waals surface area contributed by atoms with Crippen molar-refractivity contribution >= 4 is 15.9 Å². The molecule has 0 aliphatic rings. The van der Waals surface area contributed by atoms with Crippen LogP contribution in [0.25, 0.3) is 0 Å². The SMILES string of the molecule is CNC(CCc1cccc(C)c1)Cc1ccc(Br)cc1F. The van der Waals surface area contributed by atoms with E-state index in [1.807, 2.05) is 19.2 Å². The minimum atomic E-state index is -0.139. The Morgan fingerprint density at radius 2 is 2.00 bits per heavy atom. The monoisotopic (exact) mass is 349 g/mol. The summed E-state index contributed by atoms with van der Waals surface area (Å²) >= 11 is 3.29. The Bertz CT molecular complexity index is 598. The van der Waals surface area contributed by atoms with Gasteiger partial charge in [-0.3, -0.25) is 0 Å². The minimum absolute atomic E-state index is 0.139. The third-order valence-corrected chi connectivity index (χ3v) is 4.25. The van der Waals surface area contributed by atoms with Gasteiger partial charge in [-0.05, 0) is 56.5 Å². The van der Waals surface area contributed by atoms with Crippen LogP contribution in [0.3, 0.4) is 0 Å². The Morgan fingerprint density at radius 3 is 2.67 bits per heavy atom. The van der Waals surface area contributed by atoms with Gasteiger partial charge in [0, 0.05) is 10.5 Å². The minimum Gasteiger partial charge on any atom is -0.317 e. The molecule has 1 nitrogen and oxygen atoms in total. The number of benzene rings is 2. The number of hydrogen-bond donors (Lipinski definition) is 1. The van der Waals surface area contributed by atoms with E-state index in [0.29, 0.717) is 6.42 Å². The van der Waals surface area contributed by atoms with Crippen LogP contribution in [0, 0.1) is 12.7 Å². The molecule has 0 saturated carbocycles. The number of hydrogen-bond acceptors (Lipinski definition) is 1. The van der Waals surface area contributed by atoms with Gasteiger partial charge in [0.2, 0.25) is 0 Å². The molecular weight excluding hydrogens is 329 g/mol. The number of likely N-dealkylation sites (N-methyl/N-ethyl adjacent to an activating group) is 1. The Kier molecular flexibility index (Phi) is 5.95. The Morgan fingerprint density at radius 1 is 1.19 bits per heavy atom. The summed E-state index contributed by atoms with van der Waals surface area (Å²) in [5.41, 5.74) is 3.39. The fourth-order valence-electron chi connectivity index (χ4n) is 2.51. The molecule has 0 radical (unpaired) electrons. The molecule has 1 atom stereocenters. The molecule has 3 heteroatoms. The lowest BCUT2D eigenvalue weighted by Crippen LogP contribution is -2.28. The van der Waals surface area contributed by atoms with Crippen LogP contribution in [-0.2, 0) is 12.8 Å². The summed E-state index contributed by atoms with van der Waals surface area (Å²) in [6, 6.07) is 14.1. The highest BCUT2D eigenvalue weighted by Crippen LogP contribution is 2.18. The lowest BCUT2D eigenvalue weighted by Gasteiger charge is -2.17. The van der Waals surface area contributed by atoms with Gasteiger partial charge < -0.3 is 5.32 Å². The van der Waals surface area contributed by atoms with E-state index in [-0.39, 0.29) is 11.9 Å². The van der Waals surface area contributed by atoms with E-state index in [9.17, 15) is 4.39 Å². The first kappa shape index (κ1) is 16.2. The van der Waals surface area contributed by atoms with E-state index in [4.69, 9.17) is 0 Å². The summed E-state index contributed by atoms with van der Waals surface area (Å²) in [4.78, 5) is 0. The van der Waals surface area contributed by atoms with Crippen LogP contribution in [0.15, 0.2) is 46.9 Å². The lowest BCUT2D eigenvalue weighted by atomic mass is 9.98. The molecule has 0 bridgehead atoms. The molecule has 0 aromatic heterocycles. The molecule has 112 valence electrons. The normalized spacial score (nSPS) is 12.4. The van der Waals surface area contributed by atoms with Crippen molar-refractivity contribution < 1.29 is 4.39 Å². The van der Waals surface area contributed by atoms with Crippen LogP contribution in [0.2, 0.25) is 0 Å². The first-order valence-corrected chi connectivity index (χ1v) is 8.04. The number of rotatable bonds is 6. The van der Waals surface area contributed by atoms with Crippen molar-refractivity contribution in [3.8, 4) is 0 Å². The highest BCUT2D eigenvalue weighted by atomic mass is 79.9. The van der Waals surface area contributed by atoms with Crippen molar-refractivity contribution in [1.29, 1.82) is 0 Å². The van der Waals surface area contributed by atoms with Gasteiger partial charge in [0.05, 0.1) is 0 Å². The molecule has 0 aliphatic heterocycles. The molecule has 0 fully saturated rings. The summed E-state index contributed by atoms with van der Waals surface area (Å²) in [5, 5.41) is 3.30. The van der Waals surface area contributed by atoms with E-state index in [0.717, 1.165) is 22.9 Å². The zero-order chi connectivity index (χ0) is 15.2. The highest BCUT2D eigenvalue weighted by molar-refractivity contribution is 9.10. The van der Waals surface area contributed by atoms with Gasteiger partial charge >= 0.3 is 0 Å². The molecule has 21 heavy (non-hydrogen) atoms. The quantitative estimate of drug-likeness (QED) is 0.799. The van der Waals surface area contributed by atoms with Gasteiger partial charge in [-0.2, -0.15) is 0 Å². The third-order valence-electron chi connectivity index (χ3n) is 3.75. The summed E-state index contributed by atoms with van der Waals surface area (Å²) in [6.45, 7) is 2.11. The fraction of sp³-hybridized carbons (Fsp3) is 0.333. The molecule has 2 aromatic rings. The molecule has 0 aliphatic carbocycles. The Hall–Kier alpha value is -1.19. The summed E-state index contributed by atoms with van der Waals surface area (Å²) < 4.78 is 14.7. The maximum Gasteiger partial charge on any atom is 0.127 e. The molecule has 1 N–H and O–H groups in total. The first-order chi connectivity index (χ1) is 10.1. The molecule has 0 heterocycles. The van der Waals surface area contributed by atoms with E-state index < -0.39 is 0 Å². The highest BCUT2D eigenvalue weighted by Gasteiger charge is 2.11. The lowest BCUT2D eigenvalue weighted by molar-refractivity contribution is 0.504. The summed E-state index contributed by atoms with van der Waals surface area (Å²) in [6.07, 6.45) is 2.71. The van der Waals surface area contributed by atoms with Crippen molar-refractivity contribution in [2.75, 3.05) is 7.05 Å². The molecular formula is C18H21BrFN. The van der Waals surface area contributed by atoms with E-state index in [1.54, 1.807) is 0 Å². The van der Waals surface area contributed by atoms with Crippen molar-refractivity contribution in [2.45, 2.75) is 32.2 Å². The van der Waals surface area contributed by atoms with Crippen LogP contribution in [0.5, 0.6) is 0 Å². The molecule has 0 spiro atoms. The molecule has 2 rings (SSSR count). The molecule has 2 aromatic carbocycles. The van der Waals surface area contributed by atoms with Gasteiger partial charge in [0.25, 0.3) is 0 Å². The zero-order valence-corrected chi connectivity index (χ0v) is 14.1. The number of aryl methyl sites for hydroxylation is 2. The van der Waals surface area contributed by atoms with E-state index >= 15 is 0 Å². The van der Waals surface area contributed by atoms with Gasteiger partial charge in [0.1, 0.15) is 5.82 Å². The van der Waals surface area contributed by atoms with Crippen LogP contribution in [0.4, 0.5) is 4.39 Å². The smallest absolute Gasteiger partial charge is 0.127 e. The second-order valence-electron chi connectivity index (χ2n) is 5.45. The standard InChI is InChI=1S/C18H21BrFN/c1-13-4-3-5-14(10-13)6-9-17(21-2)11-15-7-8-16(19)12-18(15)20/h3-5,7-8,10,12,17,21H,6,9,11H2,1-2H3. The average molecular weight is 350 g/mol. The van der Waals surface area contributed by atoms with Crippen LogP contribution in [0.1, 0.15) is 23.1 Å². The largest absolute Gasteiger partial charge is 0.317 e. The van der Waals surface area contributed by atoms with Crippen molar-refractivity contribution in [1.82, 2.24) is 5.32 Å². The zero-order valence-electron chi connectivity index (χ0n) is 12.5. The third kappa shape index (κ3) is 4.94. The second kappa shape index (κ2) is 7.71. The van der Waals surface area contributed by atoms with Crippen LogP contribution < -0.4 is 5.32 Å². The number of halogens is 2. The molecule has 0 amide bonds. The maximum atomic E-state index is 13.9. The average Bonchev–Trinajstić information content (AvgIpc) is 2.45. The number of nitrogens with one attached hydrogen (secondary N) is 1. The fourth-order valence-corrected chi connectivity index (χ4v) is 2.84. The topological polar surface area (TPSA) is 12.0 Å². The van der Waals surface area contributed by atoms with E-state index in [1.165, 1.54) is 17.2 Å². The van der Waals surface area contributed by atoms with Gasteiger partial charge in [-0.1, -0.05) is 51.8 Å². The molecule has 1 unspecified atom stereocenters.